The normalized spacial score (nSPS) is 21.2. The average molecular weight is 516 g/mol. The number of carbonyl (C=O) groups is 2. The molecule has 9 nitrogen and oxygen atoms in total. The lowest BCUT2D eigenvalue weighted by atomic mass is 9.99. The van der Waals surface area contributed by atoms with E-state index in [1.807, 2.05) is 6.92 Å². The molecular formula is C26H33N3O6S. The number of amides is 2. The first-order valence-corrected chi connectivity index (χ1v) is 13.6. The molecule has 36 heavy (non-hydrogen) atoms. The van der Waals surface area contributed by atoms with E-state index in [-0.39, 0.29) is 59.6 Å². The van der Waals surface area contributed by atoms with Crippen molar-refractivity contribution >= 4 is 27.5 Å². The van der Waals surface area contributed by atoms with Gasteiger partial charge in [0.1, 0.15) is 6.10 Å². The molecule has 1 heterocycles. The Morgan fingerprint density at radius 2 is 1.89 bits per heavy atom. The molecule has 4 rings (SSSR count). The monoisotopic (exact) mass is 515 g/mol. The Balaban J connectivity index is 1.71. The van der Waals surface area contributed by atoms with Crippen molar-refractivity contribution in [1.29, 1.82) is 0 Å². The topological polar surface area (TPSA) is 116 Å². The molecule has 1 fully saturated rings. The van der Waals surface area contributed by atoms with Crippen LogP contribution in [0.25, 0.3) is 0 Å². The smallest absolute Gasteiger partial charge is 0.258 e. The molecule has 1 saturated carbocycles. The number of fused-ring (bicyclic) bond motifs is 1. The number of nitrogens with zero attached hydrogens (tertiary/aromatic N) is 2. The summed E-state index contributed by atoms with van der Waals surface area (Å²) in [7, 11) is -2.28. The van der Waals surface area contributed by atoms with Crippen molar-refractivity contribution in [2.45, 2.75) is 43.7 Å². The van der Waals surface area contributed by atoms with Gasteiger partial charge in [-0.3, -0.25) is 9.59 Å². The van der Waals surface area contributed by atoms with E-state index in [0.717, 1.165) is 12.8 Å². The number of likely N-dealkylation sites (N-methyl/N-ethyl adjacent to an activating group) is 1. The molecule has 2 aliphatic rings. The number of carbonyl (C=O) groups excluding carboxylic acids is 2. The van der Waals surface area contributed by atoms with E-state index < -0.39 is 22.2 Å². The third kappa shape index (κ3) is 5.40. The van der Waals surface area contributed by atoms with Gasteiger partial charge in [-0.05, 0) is 44.0 Å². The number of aliphatic hydroxyl groups excluding tert-OH is 1. The molecule has 2 aromatic rings. The molecule has 0 aromatic heterocycles. The highest BCUT2D eigenvalue weighted by Gasteiger charge is 2.37. The predicted molar refractivity (Wildman–Crippen MR) is 135 cm³/mol. The Morgan fingerprint density at radius 3 is 2.53 bits per heavy atom. The Morgan fingerprint density at radius 1 is 1.19 bits per heavy atom. The second kappa shape index (κ2) is 10.6. The fourth-order valence-corrected chi connectivity index (χ4v) is 5.47. The highest BCUT2D eigenvalue weighted by atomic mass is 32.2. The van der Waals surface area contributed by atoms with Crippen LogP contribution < -0.4 is 10.1 Å². The molecule has 2 amide bonds. The summed E-state index contributed by atoms with van der Waals surface area (Å²) in [5.41, 5.74) is 0.636. The van der Waals surface area contributed by atoms with Crippen LogP contribution in [0.4, 0.5) is 5.69 Å². The van der Waals surface area contributed by atoms with Crippen LogP contribution in [0.15, 0.2) is 53.4 Å². The summed E-state index contributed by atoms with van der Waals surface area (Å²) in [6.45, 7) is 3.71. The fourth-order valence-electron chi connectivity index (χ4n) is 4.26. The van der Waals surface area contributed by atoms with Crippen molar-refractivity contribution in [3.8, 4) is 5.75 Å². The third-order valence-corrected chi connectivity index (χ3v) is 8.62. The number of ether oxygens (including phenoxy) is 1. The van der Waals surface area contributed by atoms with Gasteiger partial charge in [-0.25, -0.2) is 8.42 Å². The summed E-state index contributed by atoms with van der Waals surface area (Å²) >= 11 is 0. The maximum atomic E-state index is 13.5. The maximum Gasteiger partial charge on any atom is 0.258 e. The predicted octanol–water partition coefficient (Wildman–Crippen LogP) is 2.58. The first-order valence-electron chi connectivity index (χ1n) is 12.2. The maximum absolute atomic E-state index is 13.5. The molecule has 1 aliphatic carbocycles. The molecule has 0 radical (unpaired) electrons. The number of benzene rings is 2. The summed E-state index contributed by atoms with van der Waals surface area (Å²) < 4.78 is 34.0. The van der Waals surface area contributed by atoms with Gasteiger partial charge < -0.3 is 20.1 Å². The minimum absolute atomic E-state index is 0.0261. The number of rotatable bonds is 8. The Bertz CT molecular complexity index is 1220. The molecule has 0 saturated heterocycles. The molecule has 0 unspecified atom stereocenters. The zero-order valence-corrected chi connectivity index (χ0v) is 21.6. The number of hydrogen-bond donors (Lipinski definition) is 2. The van der Waals surface area contributed by atoms with Gasteiger partial charge in [0.2, 0.25) is 15.9 Å². The third-order valence-electron chi connectivity index (χ3n) is 6.79. The summed E-state index contributed by atoms with van der Waals surface area (Å²) in [5.74, 6) is -0.557. The van der Waals surface area contributed by atoms with E-state index in [9.17, 15) is 23.1 Å². The van der Waals surface area contributed by atoms with Crippen molar-refractivity contribution in [2.24, 2.45) is 11.8 Å². The molecule has 10 heteroatoms. The van der Waals surface area contributed by atoms with Crippen molar-refractivity contribution in [1.82, 2.24) is 9.21 Å². The van der Waals surface area contributed by atoms with Crippen LogP contribution in [-0.4, -0.2) is 73.4 Å². The Kier molecular flexibility index (Phi) is 7.67. The first kappa shape index (κ1) is 26.1. The largest absolute Gasteiger partial charge is 0.486 e. The van der Waals surface area contributed by atoms with Gasteiger partial charge in [0.25, 0.3) is 5.91 Å². The standard InChI is InChI=1S/C26H33N3O6S/c1-17-14-29(18(2)16-30)26(32)21-10-7-11-22(27-25(31)19-12-13-19)24(21)35-23(17)15-28(3)36(33,34)20-8-5-4-6-9-20/h4-11,17-19,23,30H,12-16H2,1-3H3,(H,27,31)/t17-,18-,23-/m0/s1. The summed E-state index contributed by atoms with van der Waals surface area (Å²) in [5, 5.41) is 12.7. The number of anilines is 1. The van der Waals surface area contributed by atoms with E-state index in [1.54, 1.807) is 60.4 Å². The van der Waals surface area contributed by atoms with Crippen LogP contribution in [-0.2, 0) is 14.8 Å². The SMILES string of the molecule is C[C@H]1CN([C@@H](C)CO)C(=O)c2cccc(NC(=O)C3CC3)c2O[C@H]1CN(C)S(=O)(=O)c1ccccc1. The highest BCUT2D eigenvalue weighted by Crippen LogP contribution is 2.37. The van der Waals surface area contributed by atoms with Gasteiger partial charge in [-0.1, -0.05) is 31.2 Å². The Labute approximate surface area is 212 Å². The first-order chi connectivity index (χ1) is 17.1. The summed E-state index contributed by atoms with van der Waals surface area (Å²) in [6.07, 6.45) is 1.02. The van der Waals surface area contributed by atoms with Gasteiger partial charge in [0.05, 0.1) is 35.3 Å². The number of hydrogen-bond acceptors (Lipinski definition) is 6. The van der Waals surface area contributed by atoms with Crippen LogP contribution in [0.5, 0.6) is 5.75 Å². The fraction of sp³-hybridized carbons (Fsp3) is 0.462. The zero-order chi connectivity index (χ0) is 26.0. The van der Waals surface area contributed by atoms with Crippen LogP contribution in [0.1, 0.15) is 37.0 Å². The number of nitrogens with one attached hydrogen (secondary N) is 1. The second-order valence-corrected chi connectivity index (χ2v) is 11.7. The molecule has 194 valence electrons. The van der Waals surface area contributed by atoms with Gasteiger partial charge >= 0.3 is 0 Å². The van der Waals surface area contributed by atoms with E-state index in [4.69, 9.17) is 4.74 Å². The van der Waals surface area contributed by atoms with E-state index >= 15 is 0 Å². The van der Waals surface area contributed by atoms with Gasteiger partial charge in [0.15, 0.2) is 5.75 Å². The zero-order valence-electron chi connectivity index (χ0n) is 20.8. The molecule has 2 N–H and O–H groups in total. The van der Waals surface area contributed by atoms with Crippen molar-refractivity contribution in [2.75, 3.05) is 32.1 Å². The summed E-state index contributed by atoms with van der Waals surface area (Å²) in [6, 6.07) is 12.7. The van der Waals surface area contributed by atoms with Gasteiger partial charge in [-0.15, -0.1) is 0 Å². The van der Waals surface area contributed by atoms with Crippen molar-refractivity contribution in [3.63, 3.8) is 0 Å². The number of aliphatic hydroxyl groups is 1. The van der Waals surface area contributed by atoms with Crippen LogP contribution >= 0.6 is 0 Å². The molecule has 0 bridgehead atoms. The van der Waals surface area contributed by atoms with Crippen LogP contribution in [0, 0.1) is 11.8 Å². The van der Waals surface area contributed by atoms with Gasteiger partial charge in [-0.2, -0.15) is 4.31 Å². The molecule has 0 spiro atoms. The summed E-state index contributed by atoms with van der Waals surface area (Å²) in [4.78, 5) is 27.8. The molecule has 2 aromatic carbocycles. The lowest BCUT2D eigenvalue weighted by molar-refractivity contribution is -0.117. The number of para-hydroxylation sites is 1. The van der Waals surface area contributed by atoms with Crippen LogP contribution in [0.2, 0.25) is 0 Å². The lowest BCUT2D eigenvalue weighted by Crippen LogP contribution is -2.50. The minimum Gasteiger partial charge on any atom is -0.486 e. The van der Waals surface area contributed by atoms with Crippen molar-refractivity contribution < 1.29 is 27.9 Å². The second-order valence-electron chi connectivity index (χ2n) is 9.67. The molecule has 1 aliphatic heterocycles. The van der Waals surface area contributed by atoms with E-state index in [2.05, 4.69) is 5.32 Å². The van der Waals surface area contributed by atoms with Crippen molar-refractivity contribution in [3.05, 3.63) is 54.1 Å². The minimum atomic E-state index is -3.77. The number of sulfonamides is 1. The Hall–Kier alpha value is -2.95. The molecular weight excluding hydrogens is 482 g/mol. The quantitative estimate of drug-likeness (QED) is 0.558. The average Bonchev–Trinajstić information content (AvgIpc) is 3.72. The van der Waals surface area contributed by atoms with E-state index in [1.165, 1.54) is 11.4 Å². The van der Waals surface area contributed by atoms with Gasteiger partial charge in [0, 0.05) is 25.4 Å². The highest BCUT2D eigenvalue weighted by molar-refractivity contribution is 7.89. The van der Waals surface area contributed by atoms with E-state index in [0.29, 0.717) is 5.69 Å². The molecule has 3 atom stereocenters. The van der Waals surface area contributed by atoms with Crippen LogP contribution in [0.3, 0.4) is 0 Å². The lowest BCUT2D eigenvalue weighted by Gasteiger charge is -2.38.